The number of hydrogen-bond acceptors (Lipinski definition) is 3. The summed E-state index contributed by atoms with van der Waals surface area (Å²) in [5, 5.41) is 11.4. The first-order valence-electron chi connectivity index (χ1n) is 7.36. The van der Waals surface area contributed by atoms with Gasteiger partial charge < -0.3 is 5.32 Å². The van der Waals surface area contributed by atoms with E-state index in [9.17, 15) is 9.18 Å². The lowest BCUT2D eigenvalue weighted by molar-refractivity contribution is 0.101. The highest BCUT2D eigenvalue weighted by molar-refractivity contribution is 6.31. The fourth-order valence-electron chi connectivity index (χ4n) is 2.31. The van der Waals surface area contributed by atoms with Crippen LogP contribution in [0.25, 0.3) is 0 Å². The highest BCUT2D eigenvalue weighted by atomic mass is 35.5. The van der Waals surface area contributed by atoms with Gasteiger partial charge in [-0.2, -0.15) is 10.2 Å². The Morgan fingerprint density at radius 2 is 2.17 bits per heavy atom. The average Bonchev–Trinajstić information content (AvgIpc) is 3.19. The summed E-state index contributed by atoms with van der Waals surface area (Å²) in [4.78, 5) is 12.2. The Hall–Kier alpha value is -2.67. The molecule has 0 atom stereocenters. The number of nitrogens with one attached hydrogen (secondary N) is 1. The Labute approximate surface area is 142 Å². The first-order chi connectivity index (χ1) is 11.6. The third kappa shape index (κ3) is 3.46. The van der Waals surface area contributed by atoms with Crippen molar-refractivity contribution in [1.29, 1.82) is 0 Å². The number of rotatable bonds is 5. The van der Waals surface area contributed by atoms with Crippen molar-refractivity contribution >= 4 is 23.2 Å². The Bertz CT molecular complexity index is 873. The summed E-state index contributed by atoms with van der Waals surface area (Å²) in [6.45, 7) is 2.90. The average molecular weight is 348 g/mol. The minimum Gasteiger partial charge on any atom is -0.318 e. The van der Waals surface area contributed by atoms with E-state index in [-0.39, 0.29) is 11.7 Å². The maximum absolute atomic E-state index is 13.1. The molecule has 0 aliphatic rings. The van der Waals surface area contributed by atoms with Gasteiger partial charge in [-0.05, 0) is 30.7 Å². The second-order valence-electron chi connectivity index (χ2n) is 5.15. The third-order valence-electron chi connectivity index (χ3n) is 3.49. The van der Waals surface area contributed by atoms with Crippen LogP contribution in [0.1, 0.15) is 23.0 Å². The second-order valence-corrected chi connectivity index (χ2v) is 5.56. The minimum absolute atomic E-state index is 0.256. The van der Waals surface area contributed by atoms with Crippen molar-refractivity contribution in [1.82, 2.24) is 19.6 Å². The number of aryl methyl sites for hydroxylation is 1. The number of nitrogens with zero attached hydrogens (tertiary/aromatic N) is 4. The first-order valence-corrected chi connectivity index (χ1v) is 7.74. The van der Waals surface area contributed by atoms with Crippen LogP contribution >= 0.6 is 11.6 Å². The fourth-order valence-corrected chi connectivity index (χ4v) is 2.54. The third-order valence-corrected chi connectivity index (χ3v) is 3.84. The summed E-state index contributed by atoms with van der Waals surface area (Å²) < 4.78 is 16.3. The van der Waals surface area contributed by atoms with Gasteiger partial charge in [0.15, 0.2) is 0 Å². The van der Waals surface area contributed by atoms with E-state index >= 15 is 0 Å². The molecule has 2 aromatic heterocycles. The predicted molar refractivity (Wildman–Crippen MR) is 88.6 cm³/mol. The van der Waals surface area contributed by atoms with Crippen LogP contribution in [0.4, 0.5) is 10.1 Å². The summed E-state index contributed by atoms with van der Waals surface area (Å²) in [6.07, 6.45) is 4.81. The van der Waals surface area contributed by atoms with Gasteiger partial charge in [0.05, 0.1) is 18.4 Å². The van der Waals surface area contributed by atoms with E-state index in [1.165, 1.54) is 12.1 Å². The Kier molecular flexibility index (Phi) is 4.61. The summed E-state index contributed by atoms with van der Waals surface area (Å²) in [5.74, 6) is -0.640. The van der Waals surface area contributed by atoms with E-state index in [0.717, 1.165) is 5.56 Å². The van der Waals surface area contributed by atoms with Crippen LogP contribution in [0.2, 0.25) is 5.02 Å². The van der Waals surface area contributed by atoms with E-state index in [1.807, 2.05) is 6.92 Å². The van der Waals surface area contributed by atoms with E-state index in [4.69, 9.17) is 11.6 Å². The number of anilines is 1. The molecular weight excluding hydrogens is 333 g/mol. The van der Waals surface area contributed by atoms with Crippen LogP contribution < -0.4 is 5.32 Å². The number of amides is 1. The number of carbonyl (C=O) groups excluding carboxylic acids is 1. The molecule has 6 nitrogen and oxygen atoms in total. The lowest BCUT2D eigenvalue weighted by atomic mass is 10.2. The van der Waals surface area contributed by atoms with Crippen molar-refractivity contribution in [2.45, 2.75) is 20.0 Å². The summed E-state index contributed by atoms with van der Waals surface area (Å²) >= 11 is 6.01. The molecular formula is C16H15ClFN5O. The van der Waals surface area contributed by atoms with Crippen LogP contribution in [-0.4, -0.2) is 25.5 Å². The molecule has 0 radical (unpaired) electrons. The molecule has 1 aromatic carbocycles. The molecule has 0 spiro atoms. The van der Waals surface area contributed by atoms with Gasteiger partial charge in [0.25, 0.3) is 5.91 Å². The largest absolute Gasteiger partial charge is 0.318 e. The van der Waals surface area contributed by atoms with Crippen LogP contribution in [-0.2, 0) is 13.1 Å². The molecule has 1 N–H and O–H groups in total. The van der Waals surface area contributed by atoms with E-state index in [2.05, 4.69) is 15.5 Å². The normalized spacial score (nSPS) is 10.8. The maximum atomic E-state index is 13.1. The molecule has 0 bridgehead atoms. The van der Waals surface area contributed by atoms with Crippen LogP contribution in [0.3, 0.4) is 0 Å². The standard InChI is InChI=1S/C16H15ClFN5O/c1-2-23-15(5-6-19-23)16(24)21-13-8-20-22(10-13)9-11-3-4-12(18)7-14(11)17/h3-8,10H,2,9H2,1H3,(H,21,24). The van der Waals surface area contributed by atoms with Gasteiger partial charge in [-0.1, -0.05) is 17.7 Å². The number of hydrogen-bond donors (Lipinski definition) is 1. The summed E-state index contributed by atoms with van der Waals surface area (Å²) in [6, 6.07) is 5.87. The molecule has 0 saturated heterocycles. The van der Waals surface area contributed by atoms with Crippen LogP contribution in [0, 0.1) is 5.82 Å². The van der Waals surface area contributed by atoms with Crippen molar-refractivity contribution in [3.05, 3.63) is 65.0 Å². The molecule has 0 saturated carbocycles. The minimum atomic E-state index is -0.385. The van der Waals surface area contributed by atoms with Crippen molar-refractivity contribution in [2.75, 3.05) is 5.32 Å². The molecule has 0 aliphatic heterocycles. The zero-order valence-corrected chi connectivity index (χ0v) is 13.7. The molecule has 1 amide bonds. The number of halogens is 2. The van der Waals surface area contributed by atoms with Gasteiger partial charge in [-0.3, -0.25) is 14.2 Å². The highest BCUT2D eigenvalue weighted by Crippen LogP contribution is 2.19. The van der Waals surface area contributed by atoms with E-state index < -0.39 is 0 Å². The molecule has 8 heteroatoms. The maximum Gasteiger partial charge on any atom is 0.274 e. The highest BCUT2D eigenvalue weighted by Gasteiger charge is 2.12. The van der Waals surface area contributed by atoms with E-state index in [1.54, 1.807) is 40.1 Å². The molecule has 2 heterocycles. The van der Waals surface area contributed by atoms with Crippen molar-refractivity contribution in [3.8, 4) is 0 Å². The lowest BCUT2D eigenvalue weighted by Gasteiger charge is -2.05. The molecule has 3 rings (SSSR count). The molecule has 24 heavy (non-hydrogen) atoms. The predicted octanol–water partition coefficient (Wildman–Crippen LogP) is 3.19. The SMILES string of the molecule is CCn1nccc1C(=O)Nc1cnn(Cc2ccc(F)cc2Cl)c1. The van der Waals surface area contributed by atoms with Crippen LogP contribution in [0.15, 0.2) is 42.9 Å². The molecule has 0 fully saturated rings. The van der Waals surface area contributed by atoms with Crippen molar-refractivity contribution in [2.24, 2.45) is 0 Å². The monoisotopic (exact) mass is 347 g/mol. The van der Waals surface area contributed by atoms with Crippen LogP contribution in [0.5, 0.6) is 0 Å². The number of carbonyl (C=O) groups is 1. The Morgan fingerprint density at radius 3 is 2.92 bits per heavy atom. The quantitative estimate of drug-likeness (QED) is 0.770. The zero-order chi connectivity index (χ0) is 17.1. The van der Waals surface area contributed by atoms with Gasteiger partial charge >= 0.3 is 0 Å². The van der Waals surface area contributed by atoms with Gasteiger partial charge in [0.1, 0.15) is 11.5 Å². The second kappa shape index (κ2) is 6.84. The molecule has 124 valence electrons. The Morgan fingerprint density at radius 1 is 1.33 bits per heavy atom. The topological polar surface area (TPSA) is 64.7 Å². The molecule has 0 unspecified atom stereocenters. The van der Waals surface area contributed by atoms with Gasteiger partial charge in [-0.25, -0.2) is 4.39 Å². The molecule has 0 aliphatic carbocycles. The Balaban J connectivity index is 1.70. The number of aromatic nitrogens is 4. The van der Waals surface area contributed by atoms with Gasteiger partial charge in [0.2, 0.25) is 0 Å². The van der Waals surface area contributed by atoms with Gasteiger partial charge in [0, 0.05) is 24.0 Å². The van der Waals surface area contributed by atoms with Gasteiger partial charge in [-0.15, -0.1) is 0 Å². The zero-order valence-electron chi connectivity index (χ0n) is 12.9. The first kappa shape index (κ1) is 16.2. The van der Waals surface area contributed by atoms with Crippen molar-refractivity contribution < 1.29 is 9.18 Å². The lowest BCUT2D eigenvalue weighted by Crippen LogP contribution is -2.17. The smallest absolute Gasteiger partial charge is 0.274 e. The van der Waals surface area contributed by atoms with E-state index in [0.29, 0.717) is 29.5 Å². The molecule has 3 aromatic rings. The van der Waals surface area contributed by atoms with Crippen molar-refractivity contribution in [3.63, 3.8) is 0 Å². The fraction of sp³-hybridized carbons (Fsp3) is 0.188. The number of benzene rings is 1. The summed E-state index contributed by atoms with van der Waals surface area (Å²) in [5.41, 5.74) is 1.78. The summed E-state index contributed by atoms with van der Waals surface area (Å²) in [7, 11) is 0.